The van der Waals surface area contributed by atoms with Crippen molar-refractivity contribution >= 4 is 58.8 Å². The van der Waals surface area contributed by atoms with Crippen molar-refractivity contribution in [2.45, 2.75) is 158 Å². The Kier molecular flexibility index (Phi) is 14.0. The van der Waals surface area contributed by atoms with Gasteiger partial charge in [0, 0.05) is 93.7 Å². The maximum Gasteiger partial charge on any atom is 0.238 e. The molecule has 1 atom stereocenters. The lowest BCUT2D eigenvalue weighted by Crippen LogP contribution is -2.70. The van der Waals surface area contributed by atoms with Crippen LogP contribution in [0, 0.1) is 11.3 Å². The van der Waals surface area contributed by atoms with Gasteiger partial charge in [-0.05, 0) is 146 Å². The zero-order valence-corrected chi connectivity index (χ0v) is 44.4. The molecule has 1 aromatic carbocycles. The normalized spacial score (nSPS) is 26.8. The minimum absolute atomic E-state index is 0.0427. The molecule has 4 amide bonds. The number of nitrogens with one attached hydrogen (secondary N) is 2. The number of halogens is 1. The summed E-state index contributed by atoms with van der Waals surface area (Å²) in [5.41, 5.74) is 3.62. The molecule has 4 aromatic rings. The SMILES string of the molecule is CC(C)n1cnc2cc(-c3ccc4c(c3)N(C3CC(N5CCCCC5)C3)C(=O)C43CCN(C(=O)C45CN(C=O)CC(F)(C4)C5)CC3)nc(NC3CC3)c21.CNC(=O)CCC(C=O)c1ccc(N2CCC(C)CC2)nc1. The van der Waals surface area contributed by atoms with Crippen molar-refractivity contribution < 1.29 is 28.4 Å². The fourth-order valence-electron chi connectivity index (χ4n) is 13.7. The molecule has 3 aromatic heterocycles. The highest BCUT2D eigenvalue weighted by atomic mass is 19.1. The Hall–Kier alpha value is -5.97. The van der Waals surface area contributed by atoms with Gasteiger partial charge in [0.15, 0.2) is 5.82 Å². The maximum atomic E-state index is 15.2. The minimum atomic E-state index is -1.47. The van der Waals surface area contributed by atoms with Gasteiger partial charge in [-0.2, -0.15) is 0 Å². The summed E-state index contributed by atoms with van der Waals surface area (Å²) in [5.74, 6) is 2.42. The zero-order valence-electron chi connectivity index (χ0n) is 44.4. The van der Waals surface area contributed by atoms with E-state index in [1.165, 1.54) is 37.0 Å². The summed E-state index contributed by atoms with van der Waals surface area (Å²) in [5, 5.41) is 6.25. The van der Waals surface area contributed by atoms with Gasteiger partial charge in [0.2, 0.25) is 24.1 Å². The second kappa shape index (κ2) is 20.5. The molecule has 13 rings (SSSR count). The van der Waals surface area contributed by atoms with Gasteiger partial charge in [-0.3, -0.25) is 19.2 Å². The second-order valence-electron chi connectivity index (χ2n) is 23.9. The maximum absolute atomic E-state index is 15.2. The molecule has 9 aliphatic rings. The summed E-state index contributed by atoms with van der Waals surface area (Å²) in [4.78, 5) is 88.0. The number of anilines is 3. The molecule has 17 heteroatoms. The fraction of sp³-hybridized carbons (Fsp3) is 0.621. The largest absolute Gasteiger partial charge is 0.366 e. The van der Waals surface area contributed by atoms with Crippen LogP contribution in [-0.2, 0) is 29.4 Å². The second-order valence-corrected chi connectivity index (χ2v) is 23.9. The van der Waals surface area contributed by atoms with Crippen LogP contribution in [0.2, 0.25) is 0 Å². The number of aldehydes is 1. The van der Waals surface area contributed by atoms with E-state index in [-0.39, 0.29) is 61.7 Å². The van der Waals surface area contributed by atoms with Crippen molar-refractivity contribution in [3.05, 3.63) is 60.0 Å². The standard InChI is InChI=1S/C41H51FN8O3.C17H25N3O2/c1-26(2)49-24-43-33-19-32(45-36(35(33)49)44-28-7-8-28)27-6-9-31-34(16-27)50(30-17-29(18-30)47-12-4-3-5-13-47)38(53)41(31)10-14-48(15-11-41)37(52)39-20-40(42,21-39)23-46(22-39)25-51;1-13-7-9-20(10-8-13)16-5-3-14(11-19-16)15(12-21)4-6-17(22)18-2/h6,9,16,19,24-26,28-30H,3-5,7-8,10-15,17-18,20-23H2,1-2H3,(H,44,45);3,5,11-13,15H,4,6-10H2,1-2H3,(H,18,22). The van der Waals surface area contributed by atoms with E-state index in [1.807, 2.05) is 23.4 Å². The molecule has 16 nitrogen and oxygen atoms in total. The number of aromatic nitrogens is 4. The lowest BCUT2D eigenvalue weighted by atomic mass is 9.56. The number of piperidine rings is 5. The predicted octanol–water partition coefficient (Wildman–Crippen LogP) is 7.56. The number of hydrogen-bond acceptors (Lipinski definition) is 11. The van der Waals surface area contributed by atoms with Crippen LogP contribution >= 0.6 is 0 Å². The number of fused-ring (bicyclic) bond motifs is 5. The van der Waals surface area contributed by atoms with Gasteiger partial charge < -0.3 is 44.5 Å². The first-order valence-electron chi connectivity index (χ1n) is 28.1. The van der Waals surface area contributed by atoms with Crippen LogP contribution in [0.4, 0.5) is 21.7 Å². The molecule has 75 heavy (non-hydrogen) atoms. The Bertz CT molecular complexity index is 2780. The number of likely N-dealkylation sites (tertiary alicyclic amines) is 2. The fourth-order valence-corrected chi connectivity index (χ4v) is 13.7. The summed E-state index contributed by atoms with van der Waals surface area (Å²) in [6.07, 6.45) is 18.0. The van der Waals surface area contributed by atoms with Crippen molar-refractivity contribution in [2.75, 3.05) is 74.5 Å². The molecular formula is C58H76FN11O5. The first kappa shape index (κ1) is 51.2. The number of carbonyl (C=O) groups excluding carboxylic acids is 5. The summed E-state index contributed by atoms with van der Waals surface area (Å²) in [6.45, 7) is 12.2. The molecule has 8 fully saturated rings. The van der Waals surface area contributed by atoms with E-state index in [1.54, 1.807) is 13.2 Å². The van der Waals surface area contributed by atoms with Crippen LogP contribution < -0.4 is 20.4 Å². The molecule has 5 saturated heterocycles. The Morgan fingerprint density at radius 1 is 0.893 bits per heavy atom. The van der Waals surface area contributed by atoms with E-state index in [9.17, 15) is 24.0 Å². The number of nitrogens with zero attached hydrogens (tertiary/aromatic N) is 9. The van der Waals surface area contributed by atoms with E-state index in [2.05, 4.69) is 79.9 Å². The topological polar surface area (TPSA) is 169 Å². The van der Waals surface area contributed by atoms with Crippen LogP contribution in [0.1, 0.15) is 140 Å². The van der Waals surface area contributed by atoms with Crippen molar-refractivity contribution in [1.29, 1.82) is 0 Å². The first-order valence-corrected chi connectivity index (χ1v) is 28.1. The van der Waals surface area contributed by atoms with Crippen LogP contribution in [0.15, 0.2) is 48.9 Å². The monoisotopic (exact) mass is 1030 g/mol. The lowest BCUT2D eigenvalue weighted by Gasteiger charge is -2.59. The predicted molar refractivity (Wildman–Crippen MR) is 287 cm³/mol. The van der Waals surface area contributed by atoms with Crippen molar-refractivity contribution in [3.63, 3.8) is 0 Å². The van der Waals surface area contributed by atoms with Gasteiger partial charge >= 0.3 is 0 Å². The average Bonchev–Trinajstić information content (AvgIpc) is 4.10. The van der Waals surface area contributed by atoms with Crippen LogP contribution in [0.5, 0.6) is 0 Å². The smallest absolute Gasteiger partial charge is 0.238 e. The number of imidazole rings is 1. The summed E-state index contributed by atoms with van der Waals surface area (Å²) >= 11 is 0. The quantitative estimate of drug-likeness (QED) is 0.120. The molecule has 1 unspecified atom stereocenters. The van der Waals surface area contributed by atoms with Crippen LogP contribution in [0.25, 0.3) is 22.3 Å². The Morgan fingerprint density at radius 2 is 1.64 bits per heavy atom. The molecule has 6 aliphatic heterocycles. The molecule has 3 saturated carbocycles. The van der Waals surface area contributed by atoms with E-state index >= 15 is 4.39 Å². The Morgan fingerprint density at radius 3 is 2.29 bits per heavy atom. The van der Waals surface area contributed by atoms with Crippen molar-refractivity contribution in [2.24, 2.45) is 11.3 Å². The van der Waals surface area contributed by atoms with Crippen molar-refractivity contribution in [1.82, 2.24) is 39.5 Å². The molecular weight excluding hydrogens is 950 g/mol. The van der Waals surface area contributed by atoms with Crippen LogP contribution in [0.3, 0.4) is 0 Å². The average molecular weight is 1030 g/mol. The van der Waals surface area contributed by atoms with Crippen LogP contribution in [-0.4, -0.2) is 148 Å². The summed E-state index contributed by atoms with van der Waals surface area (Å²) in [6, 6.07) is 13.8. The number of alkyl halides is 1. The van der Waals surface area contributed by atoms with Gasteiger partial charge in [-0.1, -0.05) is 31.5 Å². The van der Waals surface area contributed by atoms with Gasteiger partial charge in [0.25, 0.3) is 0 Å². The lowest BCUT2D eigenvalue weighted by molar-refractivity contribution is -0.185. The Labute approximate surface area is 440 Å². The third-order valence-corrected chi connectivity index (χ3v) is 18.3. The van der Waals surface area contributed by atoms with E-state index in [0.717, 1.165) is 115 Å². The molecule has 2 bridgehead atoms. The van der Waals surface area contributed by atoms with Gasteiger partial charge in [0.1, 0.15) is 23.3 Å². The molecule has 2 N–H and O–H groups in total. The number of carbonyl (C=O) groups is 5. The molecule has 3 aliphatic carbocycles. The van der Waals surface area contributed by atoms with Crippen molar-refractivity contribution in [3.8, 4) is 11.3 Å². The number of hydrogen-bond donors (Lipinski definition) is 2. The summed E-state index contributed by atoms with van der Waals surface area (Å²) in [7, 11) is 1.61. The minimum Gasteiger partial charge on any atom is -0.366 e. The van der Waals surface area contributed by atoms with Gasteiger partial charge in [-0.25, -0.2) is 19.3 Å². The molecule has 9 heterocycles. The zero-order chi connectivity index (χ0) is 52.2. The summed E-state index contributed by atoms with van der Waals surface area (Å²) < 4.78 is 17.4. The molecule has 0 radical (unpaired) electrons. The molecule has 1 spiro atoms. The molecule has 400 valence electrons. The number of pyridine rings is 2. The highest BCUT2D eigenvalue weighted by Gasteiger charge is 2.66. The number of rotatable bonds is 14. The van der Waals surface area contributed by atoms with E-state index in [4.69, 9.17) is 9.97 Å². The highest BCUT2D eigenvalue weighted by molar-refractivity contribution is 6.09. The number of benzene rings is 1. The first-order chi connectivity index (χ1) is 36.2. The van der Waals surface area contributed by atoms with Gasteiger partial charge in [0.05, 0.1) is 34.9 Å². The Balaban J connectivity index is 0.000000230. The highest BCUT2D eigenvalue weighted by Crippen LogP contribution is 2.57. The van der Waals surface area contributed by atoms with E-state index in [0.29, 0.717) is 57.3 Å². The third kappa shape index (κ3) is 9.79. The van der Waals surface area contributed by atoms with Gasteiger partial charge in [-0.15, -0.1) is 0 Å². The number of amides is 4. The van der Waals surface area contributed by atoms with E-state index < -0.39 is 16.5 Å². The third-order valence-electron chi connectivity index (χ3n) is 18.3.